The Morgan fingerprint density at radius 2 is 2.18 bits per heavy atom. The average Bonchev–Trinajstić information content (AvgIpc) is 2.93. The molecule has 2 heterocycles. The smallest absolute Gasteiger partial charge is 0.179 e. The monoisotopic (exact) mass is 230 g/mol. The molecule has 2 unspecified atom stereocenters. The molecule has 0 aromatic carbocycles. The van der Waals surface area contributed by atoms with E-state index in [1.807, 2.05) is 19.2 Å². The number of aromatic nitrogens is 3. The Balaban J connectivity index is 2.01. The van der Waals surface area contributed by atoms with Gasteiger partial charge in [-0.2, -0.15) is 0 Å². The summed E-state index contributed by atoms with van der Waals surface area (Å²) >= 11 is 0. The number of hydrogen-bond donors (Lipinski definition) is 2. The fourth-order valence-corrected chi connectivity index (χ4v) is 2.78. The zero-order chi connectivity index (χ0) is 11.8. The lowest BCUT2D eigenvalue weighted by Crippen LogP contribution is -2.03. The molecule has 1 saturated carbocycles. The van der Waals surface area contributed by atoms with Crippen LogP contribution < -0.4 is 5.32 Å². The molecule has 3 rings (SSSR count). The van der Waals surface area contributed by atoms with Gasteiger partial charge in [-0.15, -0.1) is 0 Å². The molecule has 90 valence electrons. The van der Waals surface area contributed by atoms with Crippen molar-refractivity contribution >= 4 is 17.0 Å². The summed E-state index contributed by atoms with van der Waals surface area (Å²) in [5.74, 6) is 3.31. The van der Waals surface area contributed by atoms with E-state index < -0.39 is 0 Å². The fraction of sp³-hybridized carbons (Fsp3) is 0.538. The SMILES string of the molecule is CNc1ccc2[nH]c(C3CCCC3C)nc2n1. The minimum absolute atomic E-state index is 0.585. The molecule has 2 aromatic rings. The maximum Gasteiger partial charge on any atom is 0.179 e. The van der Waals surface area contributed by atoms with Crippen LogP contribution in [0.4, 0.5) is 5.82 Å². The highest BCUT2D eigenvalue weighted by molar-refractivity contribution is 5.73. The van der Waals surface area contributed by atoms with Gasteiger partial charge in [0.05, 0.1) is 5.52 Å². The second-order valence-electron chi connectivity index (χ2n) is 4.95. The predicted molar refractivity (Wildman–Crippen MR) is 69.2 cm³/mol. The quantitative estimate of drug-likeness (QED) is 0.834. The van der Waals surface area contributed by atoms with Crippen molar-refractivity contribution in [3.63, 3.8) is 0 Å². The summed E-state index contributed by atoms with van der Waals surface area (Å²) in [6, 6.07) is 4.02. The fourth-order valence-electron chi connectivity index (χ4n) is 2.78. The van der Waals surface area contributed by atoms with Crippen molar-refractivity contribution in [2.24, 2.45) is 5.92 Å². The lowest BCUT2D eigenvalue weighted by Gasteiger charge is -2.11. The summed E-state index contributed by atoms with van der Waals surface area (Å²) in [5.41, 5.74) is 1.86. The molecule has 0 bridgehead atoms. The number of pyridine rings is 1. The highest BCUT2D eigenvalue weighted by Gasteiger charge is 2.27. The van der Waals surface area contributed by atoms with Crippen molar-refractivity contribution in [3.05, 3.63) is 18.0 Å². The summed E-state index contributed by atoms with van der Waals surface area (Å²) < 4.78 is 0. The van der Waals surface area contributed by atoms with Crippen LogP contribution in [0.25, 0.3) is 11.2 Å². The maximum absolute atomic E-state index is 4.65. The van der Waals surface area contributed by atoms with Crippen LogP contribution in [0, 0.1) is 5.92 Å². The molecule has 2 atom stereocenters. The Hall–Kier alpha value is -1.58. The van der Waals surface area contributed by atoms with Crippen molar-refractivity contribution in [1.29, 1.82) is 0 Å². The number of imidazole rings is 1. The summed E-state index contributed by atoms with van der Waals surface area (Å²) in [6.07, 6.45) is 3.88. The third kappa shape index (κ3) is 1.77. The van der Waals surface area contributed by atoms with Crippen LogP contribution in [-0.2, 0) is 0 Å². The number of hydrogen-bond acceptors (Lipinski definition) is 3. The van der Waals surface area contributed by atoms with E-state index >= 15 is 0 Å². The molecule has 1 aliphatic rings. The van der Waals surface area contributed by atoms with E-state index in [9.17, 15) is 0 Å². The van der Waals surface area contributed by atoms with E-state index in [2.05, 4.69) is 27.2 Å². The molecule has 0 aliphatic heterocycles. The molecule has 0 saturated heterocycles. The topological polar surface area (TPSA) is 53.6 Å². The number of nitrogens with zero attached hydrogens (tertiary/aromatic N) is 2. The zero-order valence-electron chi connectivity index (χ0n) is 10.3. The first-order valence-corrected chi connectivity index (χ1v) is 6.32. The third-order valence-electron chi connectivity index (χ3n) is 3.83. The van der Waals surface area contributed by atoms with Crippen LogP contribution in [0.5, 0.6) is 0 Å². The highest BCUT2D eigenvalue weighted by Crippen LogP contribution is 2.38. The molecule has 1 fully saturated rings. The molecule has 0 amide bonds. The van der Waals surface area contributed by atoms with Crippen LogP contribution in [-0.4, -0.2) is 22.0 Å². The number of rotatable bonds is 2. The first kappa shape index (κ1) is 10.6. The van der Waals surface area contributed by atoms with Gasteiger partial charge in [0, 0.05) is 13.0 Å². The molecule has 0 radical (unpaired) electrons. The van der Waals surface area contributed by atoms with Gasteiger partial charge < -0.3 is 10.3 Å². The molecule has 4 nitrogen and oxygen atoms in total. The van der Waals surface area contributed by atoms with Crippen molar-refractivity contribution in [3.8, 4) is 0 Å². The highest BCUT2D eigenvalue weighted by atomic mass is 15.0. The van der Waals surface area contributed by atoms with Gasteiger partial charge in [0.15, 0.2) is 5.65 Å². The molecular weight excluding hydrogens is 212 g/mol. The number of nitrogens with one attached hydrogen (secondary N) is 2. The van der Waals surface area contributed by atoms with Gasteiger partial charge >= 0.3 is 0 Å². The van der Waals surface area contributed by atoms with Crippen LogP contribution >= 0.6 is 0 Å². The second-order valence-corrected chi connectivity index (χ2v) is 4.95. The van der Waals surface area contributed by atoms with Crippen LogP contribution in [0.2, 0.25) is 0 Å². The minimum Gasteiger partial charge on any atom is -0.373 e. The average molecular weight is 230 g/mol. The zero-order valence-corrected chi connectivity index (χ0v) is 10.3. The van der Waals surface area contributed by atoms with Gasteiger partial charge in [-0.25, -0.2) is 9.97 Å². The normalized spacial score (nSPS) is 24.4. The Bertz CT molecular complexity index is 531. The summed E-state index contributed by atoms with van der Waals surface area (Å²) in [7, 11) is 1.88. The third-order valence-corrected chi connectivity index (χ3v) is 3.83. The molecule has 2 aromatic heterocycles. The minimum atomic E-state index is 0.585. The Morgan fingerprint density at radius 3 is 2.88 bits per heavy atom. The Labute approximate surface area is 101 Å². The standard InChI is InChI=1S/C13H18N4/c1-8-4-3-5-9(8)12-15-10-6-7-11(14-2)16-13(10)17-12/h6-9H,3-5H2,1-2H3,(H2,14,15,16,17). The summed E-state index contributed by atoms with van der Waals surface area (Å²) in [6.45, 7) is 2.32. The first-order valence-electron chi connectivity index (χ1n) is 6.32. The lowest BCUT2D eigenvalue weighted by atomic mass is 9.98. The van der Waals surface area contributed by atoms with Gasteiger partial charge in [0.2, 0.25) is 0 Å². The Kier molecular flexibility index (Phi) is 2.50. The molecule has 2 N–H and O–H groups in total. The lowest BCUT2D eigenvalue weighted by molar-refractivity contribution is 0.514. The summed E-state index contributed by atoms with van der Waals surface area (Å²) in [5, 5.41) is 3.04. The van der Waals surface area contributed by atoms with Crippen LogP contribution in [0.3, 0.4) is 0 Å². The van der Waals surface area contributed by atoms with E-state index in [0.29, 0.717) is 5.92 Å². The van der Waals surface area contributed by atoms with Crippen molar-refractivity contribution in [2.45, 2.75) is 32.1 Å². The van der Waals surface area contributed by atoms with E-state index in [1.165, 1.54) is 19.3 Å². The molecule has 17 heavy (non-hydrogen) atoms. The van der Waals surface area contributed by atoms with Crippen molar-refractivity contribution in [2.75, 3.05) is 12.4 Å². The van der Waals surface area contributed by atoms with Crippen LogP contribution in [0.15, 0.2) is 12.1 Å². The van der Waals surface area contributed by atoms with Gasteiger partial charge in [-0.1, -0.05) is 13.3 Å². The van der Waals surface area contributed by atoms with Crippen molar-refractivity contribution in [1.82, 2.24) is 15.0 Å². The number of H-pyrrole nitrogens is 1. The Morgan fingerprint density at radius 1 is 1.29 bits per heavy atom. The maximum atomic E-state index is 4.65. The molecule has 1 aliphatic carbocycles. The van der Waals surface area contributed by atoms with E-state index in [1.54, 1.807) is 0 Å². The largest absolute Gasteiger partial charge is 0.373 e. The van der Waals surface area contributed by atoms with E-state index in [4.69, 9.17) is 0 Å². The summed E-state index contributed by atoms with van der Waals surface area (Å²) in [4.78, 5) is 12.5. The van der Waals surface area contributed by atoms with Gasteiger partial charge in [0.1, 0.15) is 11.6 Å². The van der Waals surface area contributed by atoms with Gasteiger partial charge in [0.25, 0.3) is 0 Å². The molecular formula is C13H18N4. The van der Waals surface area contributed by atoms with Crippen molar-refractivity contribution < 1.29 is 0 Å². The molecule has 0 spiro atoms. The number of anilines is 1. The molecule has 4 heteroatoms. The van der Waals surface area contributed by atoms with Crippen LogP contribution in [0.1, 0.15) is 37.9 Å². The second kappa shape index (κ2) is 4.02. The van der Waals surface area contributed by atoms with Gasteiger partial charge in [-0.3, -0.25) is 0 Å². The van der Waals surface area contributed by atoms with E-state index in [0.717, 1.165) is 28.7 Å². The number of aromatic amines is 1. The van der Waals surface area contributed by atoms with E-state index in [-0.39, 0.29) is 0 Å². The first-order chi connectivity index (χ1) is 8.28. The van der Waals surface area contributed by atoms with Gasteiger partial charge in [-0.05, 0) is 30.9 Å². The number of fused-ring (bicyclic) bond motifs is 1. The predicted octanol–water partition coefficient (Wildman–Crippen LogP) is 2.90.